The Hall–Kier alpha value is -3.26. The lowest BCUT2D eigenvalue weighted by molar-refractivity contribution is -0.307. The summed E-state index contributed by atoms with van der Waals surface area (Å²) in [5, 5.41) is 13.3. The molecular formula is C27H34Cl2N2O11. The number of ether oxygens (including phenoxy) is 5. The van der Waals surface area contributed by atoms with Gasteiger partial charge in [0.15, 0.2) is 17.5 Å². The maximum absolute atomic E-state index is 12.7. The van der Waals surface area contributed by atoms with Gasteiger partial charge in [-0.25, -0.2) is 9.59 Å². The van der Waals surface area contributed by atoms with Gasteiger partial charge in [-0.15, -0.1) is 23.2 Å². The van der Waals surface area contributed by atoms with Gasteiger partial charge in [0.1, 0.15) is 17.4 Å². The first-order chi connectivity index (χ1) is 19.8. The van der Waals surface area contributed by atoms with Gasteiger partial charge in [-0.2, -0.15) is 0 Å². The van der Waals surface area contributed by atoms with E-state index >= 15 is 0 Å². The predicted octanol–water partition coefficient (Wildman–Crippen LogP) is 3.69. The van der Waals surface area contributed by atoms with Crippen LogP contribution >= 0.6 is 23.2 Å². The Morgan fingerprint density at radius 3 is 2.38 bits per heavy atom. The SMILES string of the molecule is CO[C@@H]1[C@@H](OC(N)=O)[C@@H](OC(=O)CCCCl)[C@H](Oc2ccc3c(O)c(NC(=O)CCCCl)c(=O)oc3c2C)OC1(C)C. The minimum atomic E-state index is -1.35. The van der Waals surface area contributed by atoms with Gasteiger partial charge in [0, 0.05) is 37.3 Å². The fourth-order valence-corrected chi connectivity index (χ4v) is 4.90. The summed E-state index contributed by atoms with van der Waals surface area (Å²) in [5.74, 6) is -1.06. The van der Waals surface area contributed by atoms with E-state index in [0.29, 0.717) is 12.8 Å². The van der Waals surface area contributed by atoms with Crippen molar-refractivity contribution in [2.24, 2.45) is 5.73 Å². The monoisotopic (exact) mass is 632 g/mol. The average molecular weight is 633 g/mol. The highest BCUT2D eigenvalue weighted by Crippen LogP contribution is 2.39. The average Bonchev–Trinajstić information content (AvgIpc) is 2.92. The lowest BCUT2D eigenvalue weighted by Crippen LogP contribution is -2.66. The van der Waals surface area contributed by atoms with Crippen LogP contribution in [0, 0.1) is 6.92 Å². The summed E-state index contributed by atoms with van der Waals surface area (Å²) in [5.41, 5.74) is 3.04. The van der Waals surface area contributed by atoms with Crippen LogP contribution in [0.2, 0.25) is 0 Å². The number of primary amides is 1. The molecule has 0 unspecified atom stereocenters. The van der Waals surface area contributed by atoms with Crippen molar-refractivity contribution in [1.82, 2.24) is 0 Å². The number of esters is 1. The van der Waals surface area contributed by atoms with E-state index in [4.69, 9.17) is 57.0 Å². The van der Waals surface area contributed by atoms with Gasteiger partial charge in [0.05, 0.1) is 11.0 Å². The van der Waals surface area contributed by atoms with Crippen molar-refractivity contribution in [3.63, 3.8) is 0 Å². The summed E-state index contributed by atoms with van der Waals surface area (Å²) in [7, 11) is 1.37. The number of anilines is 1. The topological polar surface area (TPSA) is 186 Å². The summed E-state index contributed by atoms with van der Waals surface area (Å²) >= 11 is 11.3. The van der Waals surface area contributed by atoms with Crippen LogP contribution in [0.15, 0.2) is 21.3 Å². The van der Waals surface area contributed by atoms with Crippen molar-refractivity contribution in [1.29, 1.82) is 0 Å². The molecule has 1 aliphatic heterocycles. The maximum Gasteiger partial charge on any atom is 0.405 e. The number of benzene rings is 1. The fraction of sp³-hybridized carbons (Fsp3) is 0.556. The zero-order valence-corrected chi connectivity index (χ0v) is 25.1. The lowest BCUT2D eigenvalue weighted by Gasteiger charge is -2.48. The fourth-order valence-electron chi connectivity index (χ4n) is 4.63. The molecule has 1 aromatic heterocycles. The van der Waals surface area contributed by atoms with Gasteiger partial charge in [0.2, 0.25) is 18.3 Å². The van der Waals surface area contributed by atoms with E-state index in [9.17, 15) is 24.3 Å². The molecule has 0 bridgehead atoms. The van der Waals surface area contributed by atoms with Gasteiger partial charge < -0.3 is 44.3 Å². The summed E-state index contributed by atoms with van der Waals surface area (Å²) < 4.78 is 34.2. The summed E-state index contributed by atoms with van der Waals surface area (Å²) in [6.07, 6.45) is -5.23. The first-order valence-corrected chi connectivity index (χ1v) is 14.2. The van der Waals surface area contributed by atoms with Crippen molar-refractivity contribution >= 4 is 57.8 Å². The minimum absolute atomic E-state index is 0.0266. The van der Waals surface area contributed by atoms with Crippen molar-refractivity contribution in [3.05, 3.63) is 28.1 Å². The predicted molar refractivity (Wildman–Crippen MR) is 152 cm³/mol. The molecule has 42 heavy (non-hydrogen) atoms. The molecule has 15 heteroatoms. The molecule has 1 aromatic carbocycles. The Kier molecular flexibility index (Phi) is 11.3. The second kappa shape index (κ2) is 14.3. The Balaban J connectivity index is 2.02. The summed E-state index contributed by atoms with van der Waals surface area (Å²) in [6.45, 7) is 4.88. The van der Waals surface area contributed by atoms with Crippen molar-refractivity contribution in [2.45, 2.75) is 76.7 Å². The number of rotatable bonds is 12. The van der Waals surface area contributed by atoms with Gasteiger partial charge in [0.25, 0.3) is 0 Å². The van der Waals surface area contributed by atoms with Gasteiger partial charge in [-0.05, 0) is 45.7 Å². The maximum atomic E-state index is 12.7. The zero-order valence-electron chi connectivity index (χ0n) is 23.6. The van der Waals surface area contributed by atoms with E-state index in [-0.39, 0.29) is 46.9 Å². The lowest BCUT2D eigenvalue weighted by atomic mass is 9.89. The van der Waals surface area contributed by atoms with E-state index in [1.165, 1.54) is 19.2 Å². The first-order valence-electron chi connectivity index (χ1n) is 13.1. The Morgan fingerprint density at radius 1 is 1.10 bits per heavy atom. The smallest absolute Gasteiger partial charge is 0.405 e. The quantitative estimate of drug-likeness (QED) is 0.176. The third kappa shape index (κ3) is 7.57. The molecule has 0 saturated carbocycles. The molecule has 2 heterocycles. The highest BCUT2D eigenvalue weighted by atomic mass is 35.5. The van der Waals surface area contributed by atoms with E-state index < -0.39 is 65.2 Å². The molecule has 2 aromatic rings. The van der Waals surface area contributed by atoms with Crippen molar-refractivity contribution < 1.29 is 47.6 Å². The molecule has 0 aliphatic carbocycles. The molecule has 232 valence electrons. The third-order valence-electron chi connectivity index (χ3n) is 6.58. The number of fused-ring (bicyclic) bond motifs is 1. The van der Waals surface area contributed by atoms with Crippen LogP contribution < -0.4 is 21.4 Å². The normalized spacial score (nSPS) is 21.5. The second-order valence-electron chi connectivity index (χ2n) is 10.0. The molecule has 1 saturated heterocycles. The Bertz CT molecular complexity index is 1360. The Labute approximate surface area is 251 Å². The van der Waals surface area contributed by atoms with Crippen LogP contribution in [0.5, 0.6) is 11.5 Å². The molecule has 13 nitrogen and oxygen atoms in total. The number of carbonyl (C=O) groups is 3. The number of aryl methyl sites for hydroxylation is 1. The Morgan fingerprint density at radius 2 is 1.76 bits per heavy atom. The van der Waals surface area contributed by atoms with E-state index in [0.717, 1.165) is 0 Å². The number of aromatic hydroxyl groups is 1. The molecule has 0 spiro atoms. The zero-order chi connectivity index (χ0) is 31.2. The van der Waals surface area contributed by atoms with Gasteiger partial charge >= 0.3 is 17.7 Å². The van der Waals surface area contributed by atoms with Gasteiger partial charge in [-0.1, -0.05) is 0 Å². The van der Waals surface area contributed by atoms with Crippen LogP contribution in [0.1, 0.15) is 45.1 Å². The highest BCUT2D eigenvalue weighted by molar-refractivity contribution is 6.18. The standard InChI is InChI=1S/C27H34Cl2N2O11/c1-13-15(10-9-14-19(34)18(24(35)40-20(13)14)31-16(32)7-5-11-28)38-25-22(39-17(33)8-6-12-29)21(41-26(30)36)23(37-4)27(2,3)42-25/h9-10,21-23,25,34H,5-8,11-12H2,1-4H3,(H2,30,36)(H,31,32)/t21-,22+,23+,25+/m0/s1. The third-order valence-corrected chi connectivity index (χ3v) is 7.11. The van der Waals surface area contributed by atoms with E-state index in [1.54, 1.807) is 20.8 Å². The van der Waals surface area contributed by atoms with Crippen LogP contribution in [-0.2, 0) is 28.5 Å². The number of nitrogens with one attached hydrogen (secondary N) is 1. The number of hydrogen-bond donors (Lipinski definition) is 3. The first kappa shape index (κ1) is 33.2. The molecular weight excluding hydrogens is 599 g/mol. The molecule has 1 fully saturated rings. The minimum Gasteiger partial charge on any atom is -0.505 e. The number of halogens is 2. The molecule has 2 amide bonds. The molecule has 4 N–H and O–H groups in total. The number of nitrogens with two attached hydrogens (primary N) is 1. The van der Waals surface area contributed by atoms with Crippen LogP contribution in [0.3, 0.4) is 0 Å². The van der Waals surface area contributed by atoms with Gasteiger partial charge in [-0.3, -0.25) is 9.59 Å². The molecule has 4 atom stereocenters. The van der Waals surface area contributed by atoms with Crippen LogP contribution in [0.25, 0.3) is 11.0 Å². The summed E-state index contributed by atoms with van der Waals surface area (Å²) in [4.78, 5) is 49.3. The molecule has 1 aliphatic rings. The number of hydrogen-bond acceptors (Lipinski definition) is 11. The number of amides is 2. The van der Waals surface area contributed by atoms with Crippen LogP contribution in [-0.4, -0.2) is 72.1 Å². The van der Waals surface area contributed by atoms with Crippen LogP contribution in [0.4, 0.5) is 10.5 Å². The van der Waals surface area contributed by atoms with Crippen molar-refractivity contribution in [2.75, 3.05) is 24.2 Å². The van der Waals surface area contributed by atoms with E-state index in [1.807, 2.05) is 0 Å². The number of alkyl halides is 2. The molecule has 0 radical (unpaired) electrons. The number of methoxy groups -OCH3 is 1. The summed E-state index contributed by atoms with van der Waals surface area (Å²) in [6, 6.07) is 2.88. The van der Waals surface area contributed by atoms with E-state index in [2.05, 4.69) is 5.32 Å². The second-order valence-corrected chi connectivity index (χ2v) is 10.8. The number of carbonyl (C=O) groups excluding carboxylic acids is 3. The van der Waals surface area contributed by atoms with Crippen molar-refractivity contribution in [3.8, 4) is 11.5 Å². The highest BCUT2D eigenvalue weighted by Gasteiger charge is 2.55. The largest absolute Gasteiger partial charge is 0.505 e. The molecule has 3 rings (SSSR count).